The molecule has 0 radical (unpaired) electrons. The normalized spacial score (nSPS) is 13.8. The van der Waals surface area contributed by atoms with Crippen molar-refractivity contribution < 1.29 is 19.2 Å². The van der Waals surface area contributed by atoms with Crippen molar-refractivity contribution in [2.24, 2.45) is 0 Å². The number of rotatable bonds is 6. The lowest BCUT2D eigenvalue weighted by Gasteiger charge is -2.28. The first-order valence-corrected chi connectivity index (χ1v) is 10.7. The summed E-state index contributed by atoms with van der Waals surface area (Å²) in [5.74, 6) is 0.428. The summed E-state index contributed by atoms with van der Waals surface area (Å²) in [4.78, 5) is 26.1. The number of aliphatic hydroxyl groups is 1. The number of nitro benzene ring substituents is 1. The van der Waals surface area contributed by atoms with Crippen LogP contribution in [0.5, 0.6) is 0 Å². The van der Waals surface area contributed by atoms with Crippen molar-refractivity contribution in [1.29, 1.82) is 0 Å². The Labute approximate surface area is 189 Å². The maximum atomic E-state index is 12.9. The predicted octanol–water partition coefficient (Wildman–Crippen LogP) is 5.24. The van der Waals surface area contributed by atoms with Crippen molar-refractivity contribution in [2.75, 3.05) is 23.3 Å². The molecule has 4 rings (SSSR count). The van der Waals surface area contributed by atoms with Crippen LogP contribution < -0.4 is 10.2 Å². The highest BCUT2D eigenvalue weighted by Crippen LogP contribution is 2.33. The van der Waals surface area contributed by atoms with Gasteiger partial charge in [0.25, 0.3) is 11.6 Å². The number of amides is 1. The van der Waals surface area contributed by atoms with Gasteiger partial charge in [0.15, 0.2) is 0 Å². The van der Waals surface area contributed by atoms with Gasteiger partial charge in [0.2, 0.25) is 0 Å². The summed E-state index contributed by atoms with van der Waals surface area (Å²) >= 11 is 6.26. The molecule has 32 heavy (non-hydrogen) atoms. The van der Waals surface area contributed by atoms with E-state index in [4.69, 9.17) is 16.0 Å². The number of nitrogens with zero attached hydrogens (tertiary/aromatic N) is 2. The molecule has 1 amide bonds. The van der Waals surface area contributed by atoms with Gasteiger partial charge in [-0.3, -0.25) is 14.9 Å². The highest BCUT2D eigenvalue weighted by molar-refractivity contribution is 6.34. The molecule has 1 aromatic heterocycles. The Morgan fingerprint density at radius 2 is 1.91 bits per heavy atom. The second-order valence-electron chi connectivity index (χ2n) is 7.58. The Morgan fingerprint density at radius 1 is 1.12 bits per heavy atom. The Bertz CT molecular complexity index is 1150. The fourth-order valence-electron chi connectivity index (χ4n) is 3.80. The molecule has 2 aromatic carbocycles. The molecule has 8 nitrogen and oxygen atoms in total. The minimum Gasteiger partial charge on any atom is -0.459 e. The van der Waals surface area contributed by atoms with E-state index in [2.05, 4.69) is 5.32 Å². The van der Waals surface area contributed by atoms with Gasteiger partial charge in [0.1, 0.15) is 23.8 Å². The molecule has 1 fully saturated rings. The second kappa shape index (κ2) is 9.42. The zero-order valence-electron chi connectivity index (χ0n) is 17.2. The quantitative estimate of drug-likeness (QED) is 0.388. The number of nitro groups is 1. The predicted molar refractivity (Wildman–Crippen MR) is 122 cm³/mol. The van der Waals surface area contributed by atoms with Crippen molar-refractivity contribution in [3.05, 3.63) is 75.0 Å². The van der Waals surface area contributed by atoms with Crippen LogP contribution in [0.3, 0.4) is 0 Å². The summed E-state index contributed by atoms with van der Waals surface area (Å²) < 4.78 is 5.53. The fraction of sp³-hybridized carbons (Fsp3) is 0.261. The van der Waals surface area contributed by atoms with Crippen LogP contribution in [0.15, 0.2) is 52.9 Å². The summed E-state index contributed by atoms with van der Waals surface area (Å²) in [6, 6.07) is 12.9. The summed E-state index contributed by atoms with van der Waals surface area (Å²) in [5, 5.41) is 23.9. The van der Waals surface area contributed by atoms with Crippen LogP contribution in [0.25, 0.3) is 11.3 Å². The van der Waals surface area contributed by atoms with E-state index in [9.17, 15) is 20.0 Å². The monoisotopic (exact) mass is 455 g/mol. The average Bonchev–Trinajstić information content (AvgIpc) is 3.30. The molecular formula is C23H22ClN3O5. The van der Waals surface area contributed by atoms with E-state index < -0.39 is 10.8 Å². The molecule has 0 saturated carbocycles. The third-order valence-corrected chi connectivity index (χ3v) is 5.78. The molecule has 2 heterocycles. The average molecular weight is 456 g/mol. The van der Waals surface area contributed by atoms with Gasteiger partial charge in [-0.25, -0.2) is 0 Å². The lowest BCUT2D eigenvalue weighted by atomic mass is 10.1. The molecule has 166 valence electrons. The summed E-state index contributed by atoms with van der Waals surface area (Å²) in [6.07, 6.45) is 3.09. The Morgan fingerprint density at radius 3 is 2.59 bits per heavy atom. The van der Waals surface area contributed by atoms with Crippen LogP contribution in [-0.4, -0.2) is 29.0 Å². The maximum absolute atomic E-state index is 12.9. The van der Waals surface area contributed by atoms with Gasteiger partial charge in [0, 0.05) is 30.3 Å². The fourth-order valence-corrected chi connectivity index (χ4v) is 3.96. The number of anilines is 2. The number of benzene rings is 2. The minimum absolute atomic E-state index is 0.0912. The molecule has 1 aliphatic rings. The lowest BCUT2D eigenvalue weighted by Crippen LogP contribution is -2.30. The van der Waals surface area contributed by atoms with Crippen molar-refractivity contribution in [2.45, 2.75) is 25.9 Å². The van der Waals surface area contributed by atoms with Gasteiger partial charge in [-0.15, -0.1) is 0 Å². The van der Waals surface area contributed by atoms with Gasteiger partial charge < -0.3 is 19.7 Å². The Balaban J connectivity index is 1.59. The standard InChI is InChI=1S/C23H22ClN3O5/c24-18-7-4-15(22-9-6-17(14-28)32-22)12-19(18)25-23(29)16-5-8-20(21(13-16)27(30)31)26-10-2-1-3-11-26/h4-9,12-13,28H,1-3,10-11,14H2,(H,25,29). The number of hydrogen-bond donors (Lipinski definition) is 2. The molecule has 0 unspecified atom stereocenters. The molecule has 9 heteroatoms. The number of carbonyl (C=O) groups is 1. The van der Waals surface area contributed by atoms with Crippen LogP contribution in [0.2, 0.25) is 5.02 Å². The number of piperidine rings is 1. The van der Waals surface area contributed by atoms with Gasteiger partial charge in [0.05, 0.1) is 15.6 Å². The van der Waals surface area contributed by atoms with E-state index >= 15 is 0 Å². The molecule has 1 aliphatic heterocycles. The van der Waals surface area contributed by atoms with Crippen molar-refractivity contribution in [3.63, 3.8) is 0 Å². The highest BCUT2D eigenvalue weighted by Gasteiger charge is 2.23. The smallest absolute Gasteiger partial charge is 0.293 e. The highest BCUT2D eigenvalue weighted by atomic mass is 35.5. The van der Waals surface area contributed by atoms with Crippen LogP contribution in [-0.2, 0) is 6.61 Å². The number of carbonyl (C=O) groups excluding carboxylic acids is 1. The molecular weight excluding hydrogens is 434 g/mol. The first-order valence-electron chi connectivity index (χ1n) is 10.3. The zero-order chi connectivity index (χ0) is 22.7. The molecule has 0 bridgehead atoms. The first kappa shape index (κ1) is 21.9. The van der Waals surface area contributed by atoms with E-state index in [-0.39, 0.29) is 17.9 Å². The second-order valence-corrected chi connectivity index (χ2v) is 7.99. The lowest BCUT2D eigenvalue weighted by molar-refractivity contribution is -0.384. The van der Waals surface area contributed by atoms with Gasteiger partial charge in [-0.05, 0) is 61.7 Å². The SMILES string of the molecule is O=C(Nc1cc(-c2ccc(CO)o2)ccc1Cl)c1ccc(N2CCCCC2)c([N+](=O)[O-])c1. The van der Waals surface area contributed by atoms with E-state index in [0.717, 1.165) is 32.4 Å². The van der Waals surface area contributed by atoms with Crippen molar-refractivity contribution >= 4 is 34.6 Å². The number of aliphatic hydroxyl groups excluding tert-OH is 1. The van der Waals surface area contributed by atoms with Crippen LogP contribution in [0, 0.1) is 10.1 Å². The van der Waals surface area contributed by atoms with E-state index in [0.29, 0.717) is 33.5 Å². The molecule has 3 aromatic rings. The van der Waals surface area contributed by atoms with Gasteiger partial charge in [-0.2, -0.15) is 0 Å². The number of nitrogens with one attached hydrogen (secondary N) is 1. The molecule has 0 spiro atoms. The summed E-state index contributed by atoms with van der Waals surface area (Å²) in [5.41, 5.74) is 1.62. The van der Waals surface area contributed by atoms with Gasteiger partial charge >= 0.3 is 0 Å². The Kier molecular flexibility index (Phi) is 6.43. The topological polar surface area (TPSA) is 109 Å². The number of halogens is 1. The largest absolute Gasteiger partial charge is 0.459 e. The van der Waals surface area contributed by atoms with E-state index in [1.165, 1.54) is 6.07 Å². The number of hydrogen-bond acceptors (Lipinski definition) is 6. The zero-order valence-corrected chi connectivity index (χ0v) is 18.0. The van der Waals surface area contributed by atoms with Gasteiger partial charge in [-0.1, -0.05) is 11.6 Å². The van der Waals surface area contributed by atoms with E-state index in [1.54, 1.807) is 42.5 Å². The molecule has 0 aliphatic carbocycles. The summed E-state index contributed by atoms with van der Waals surface area (Å²) in [7, 11) is 0. The minimum atomic E-state index is -0.507. The van der Waals surface area contributed by atoms with Crippen LogP contribution >= 0.6 is 11.6 Å². The molecule has 0 atom stereocenters. The first-order chi connectivity index (χ1) is 15.5. The molecule has 1 saturated heterocycles. The van der Waals surface area contributed by atoms with Crippen molar-refractivity contribution in [3.8, 4) is 11.3 Å². The third-order valence-electron chi connectivity index (χ3n) is 5.45. The molecule has 2 N–H and O–H groups in total. The van der Waals surface area contributed by atoms with Crippen molar-refractivity contribution in [1.82, 2.24) is 0 Å². The third kappa shape index (κ3) is 4.61. The Hall–Kier alpha value is -3.36. The number of furan rings is 1. The van der Waals surface area contributed by atoms with E-state index in [1.807, 2.05) is 4.90 Å². The van der Waals surface area contributed by atoms with Crippen LogP contribution in [0.1, 0.15) is 35.4 Å². The summed E-state index contributed by atoms with van der Waals surface area (Å²) in [6.45, 7) is 1.31. The van der Waals surface area contributed by atoms with Crippen LogP contribution in [0.4, 0.5) is 17.1 Å². The maximum Gasteiger partial charge on any atom is 0.293 e.